The van der Waals surface area contributed by atoms with E-state index < -0.39 is 12.2 Å². The summed E-state index contributed by atoms with van der Waals surface area (Å²) in [6.45, 7) is 1.58. The first-order chi connectivity index (χ1) is 32.1. The number of ether oxygens (including phenoxy) is 7. The quantitative estimate of drug-likeness (QED) is 0.0860. The Morgan fingerprint density at radius 2 is 0.785 bits per heavy atom. The van der Waals surface area contributed by atoms with E-state index in [1.807, 2.05) is 200 Å². The number of phenols is 1. The van der Waals surface area contributed by atoms with E-state index in [2.05, 4.69) is 0 Å². The van der Waals surface area contributed by atoms with Gasteiger partial charge in [-0.3, -0.25) is 0 Å². The minimum absolute atomic E-state index is 0.116. The van der Waals surface area contributed by atoms with Crippen molar-refractivity contribution in [2.24, 2.45) is 0 Å². The van der Waals surface area contributed by atoms with Gasteiger partial charge < -0.3 is 38.3 Å². The number of hydrogen-bond donors (Lipinski definition) is 1. The van der Waals surface area contributed by atoms with Gasteiger partial charge in [-0.25, -0.2) is 0 Å². The molecule has 0 saturated heterocycles. The predicted molar refractivity (Wildman–Crippen MR) is 251 cm³/mol. The Kier molecular flexibility index (Phi) is 13.9. The summed E-state index contributed by atoms with van der Waals surface area (Å²) in [5.74, 6) is 1.96. The van der Waals surface area contributed by atoms with Crippen LogP contribution in [0, 0.1) is 0 Å². The van der Waals surface area contributed by atoms with Gasteiger partial charge in [0.05, 0.1) is 6.61 Å². The number of hydrogen-bond acceptors (Lipinski definition) is 8. The SMILES string of the molecule is Oc1c2c(c(OCc3ccccc3)c(OCc3ccccc3)c1OCc1ccccc1)C[C@H](OCc1ccccc1)[C@@H](c1ccc(OCc3ccccc3)c(OCc3ccccc3)c1)O2. The van der Waals surface area contributed by atoms with Gasteiger partial charge in [-0.05, 0) is 51.1 Å². The van der Waals surface area contributed by atoms with Crippen molar-refractivity contribution in [3.63, 3.8) is 0 Å². The van der Waals surface area contributed by atoms with Crippen molar-refractivity contribution in [1.29, 1.82) is 0 Å². The maximum absolute atomic E-state index is 12.5. The first-order valence-electron chi connectivity index (χ1n) is 21.9. The van der Waals surface area contributed by atoms with Gasteiger partial charge in [-0.1, -0.05) is 188 Å². The summed E-state index contributed by atoms with van der Waals surface area (Å²) in [7, 11) is 0. The number of fused-ring (bicyclic) bond motifs is 1. The Labute approximate surface area is 380 Å². The Bertz CT molecular complexity index is 2720. The van der Waals surface area contributed by atoms with Crippen molar-refractivity contribution in [3.8, 4) is 40.2 Å². The largest absolute Gasteiger partial charge is 0.502 e. The molecule has 1 aliphatic rings. The van der Waals surface area contributed by atoms with Gasteiger partial charge in [-0.2, -0.15) is 0 Å². The molecule has 2 atom stereocenters. The average Bonchev–Trinajstić information content (AvgIpc) is 3.37. The summed E-state index contributed by atoms with van der Waals surface area (Å²) in [4.78, 5) is 0. The lowest BCUT2D eigenvalue weighted by atomic mass is 9.92. The van der Waals surface area contributed by atoms with E-state index >= 15 is 0 Å². The van der Waals surface area contributed by atoms with Gasteiger partial charge in [0.1, 0.15) is 39.1 Å². The molecule has 0 spiro atoms. The monoisotopic (exact) mass is 862 g/mol. The molecule has 0 amide bonds. The van der Waals surface area contributed by atoms with Crippen molar-refractivity contribution >= 4 is 0 Å². The molecule has 0 unspecified atom stereocenters. The van der Waals surface area contributed by atoms with Crippen LogP contribution in [0.2, 0.25) is 0 Å². The van der Waals surface area contributed by atoms with Crippen LogP contribution in [0.4, 0.5) is 0 Å². The second-order valence-corrected chi connectivity index (χ2v) is 15.8. The Morgan fingerprint density at radius 1 is 0.400 bits per heavy atom. The summed E-state index contributed by atoms with van der Waals surface area (Å²) in [5.41, 5.74) is 7.24. The van der Waals surface area contributed by atoms with Crippen LogP contribution in [-0.2, 0) is 50.8 Å². The van der Waals surface area contributed by atoms with Crippen LogP contribution in [0.1, 0.15) is 50.6 Å². The van der Waals surface area contributed by atoms with Crippen LogP contribution in [0.5, 0.6) is 40.2 Å². The fraction of sp³-hybridized carbons (Fsp3) is 0.158. The molecule has 65 heavy (non-hydrogen) atoms. The van der Waals surface area contributed by atoms with Gasteiger partial charge in [0.25, 0.3) is 0 Å². The van der Waals surface area contributed by atoms with Gasteiger partial charge in [0.2, 0.25) is 17.2 Å². The van der Waals surface area contributed by atoms with Gasteiger partial charge in [0, 0.05) is 12.0 Å². The van der Waals surface area contributed by atoms with Crippen LogP contribution in [-0.4, -0.2) is 11.2 Å². The molecule has 1 heterocycles. The van der Waals surface area contributed by atoms with Crippen molar-refractivity contribution < 1.29 is 38.3 Å². The molecule has 326 valence electrons. The normalized spacial score (nSPS) is 14.1. The van der Waals surface area contributed by atoms with Gasteiger partial charge in [0.15, 0.2) is 29.1 Å². The topological polar surface area (TPSA) is 84.8 Å². The van der Waals surface area contributed by atoms with Crippen LogP contribution in [0.25, 0.3) is 0 Å². The summed E-state index contributed by atoms with van der Waals surface area (Å²) in [6.07, 6.45) is -0.964. The molecular weight excluding hydrogens is 813 g/mol. The van der Waals surface area contributed by atoms with E-state index in [4.69, 9.17) is 33.2 Å². The van der Waals surface area contributed by atoms with E-state index in [0.717, 1.165) is 38.9 Å². The first kappa shape index (κ1) is 42.6. The van der Waals surface area contributed by atoms with Gasteiger partial charge >= 0.3 is 0 Å². The highest BCUT2D eigenvalue weighted by Gasteiger charge is 2.40. The minimum Gasteiger partial charge on any atom is -0.502 e. The van der Waals surface area contributed by atoms with E-state index in [1.165, 1.54) is 0 Å². The van der Waals surface area contributed by atoms with Crippen molar-refractivity contribution in [2.75, 3.05) is 0 Å². The molecular formula is C57H50O8. The maximum Gasteiger partial charge on any atom is 0.211 e. The Hall–Kier alpha value is -7.68. The van der Waals surface area contributed by atoms with Crippen molar-refractivity contribution in [2.45, 2.75) is 58.3 Å². The fourth-order valence-corrected chi connectivity index (χ4v) is 7.74. The molecule has 8 heteroatoms. The molecule has 0 aliphatic carbocycles. The lowest BCUT2D eigenvalue weighted by molar-refractivity contribution is -0.0479. The van der Waals surface area contributed by atoms with Crippen LogP contribution in [0.15, 0.2) is 200 Å². The van der Waals surface area contributed by atoms with Crippen LogP contribution >= 0.6 is 0 Å². The molecule has 8 aromatic rings. The van der Waals surface area contributed by atoms with E-state index in [9.17, 15) is 5.11 Å². The highest BCUT2D eigenvalue weighted by Crippen LogP contribution is 2.57. The molecule has 1 N–H and O–H groups in total. The fourth-order valence-electron chi connectivity index (χ4n) is 7.74. The molecule has 0 radical (unpaired) electrons. The standard InChI is InChI=1S/C57H50O8/c58-52-54-48(55(62-38-44-25-13-4-14-26-44)57(64-40-46-29-17-6-18-30-46)56(52)63-39-45-27-15-5-16-28-45)34-51(61-37-43-23-11-3-12-24-43)53(65-54)47-31-32-49(59-35-41-19-7-1-8-20-41)50(33-47)60-36-42-21-9-2-10-22-42/h1-33,51,53,58H,34-40H2/t51-,53+/m0/s1. The molecule has 0 saturated carbocycles. The second-order valence-electron chi connectivity index (χ2n) is 15.8. The molecule has 8 nitrogen and oxygen atoms in total. The van der Waals surface area contributed by atoms with E-state index in [-0.39, 0.29) is 42.8 Å². The third-order valence-electron chi connectivity index (χ3n) is 11.1. The number of phenolic OH excluding ortho intramolecular Hbond substituents is 1. The molecule has 1 aliphatic heterocycles. The summed E-state index contributed by atoms with van der Waals surface area (Å²) in [5, 5.41) is 12.5. The Morgan fingerprint density at radius 3 is 1.25 bits per heavy atom. The van der Waals surface area contributed by atoms with Crippen molar-refractivity contribution in [3.05, 3.63) is 245 Å². The highest BCUT2D eigenvalue weighted by atomic mass is 16.6. The zero-order valence-electron chi connectivity index (χ0n) is 36.0. The molecule has 9 rings (SSSR count). The van der Waals surface area contributed by atoms with Gasteiger partial charge in [-0.15, -0.1) is 0 Å². The first-order valence-corrected chi connectivity index (χ1v) is 21.9. The van der Waals surface area contributed by atoms with E-state index in [0.29, 0.717) is 49.1 Å². The highest BCUT2D eigenvalue weighted by molar-refractivity contribution is 5.71. The Balaban J connectivity index is 1.14. The van der Waals surface area contributed by atoms with Crippen molar-refractivity contribution in [1.82, 2.24) is 0 Å². The lowest BCUT2D eigenvalue weighted by Crippen LogP contribution is -2.33. The third-order valence-corrected chi connectivity index (χ3v) is 11.1. The lowest BCUT2D eigenvalue weighted by Gasteiger charge is -2.36. The summed E-state index contributed by atoms with van der Waals surface area (Å²) >= 11 is 0. The smallest absolute Gasteiger partial charge is 0.211 e. The zero-order valence-corrected chi connectivity index (χ0v) is 36.0. The number of aromatic hydroxyl groups is 1. The number of benzene rings is 8. The molecule has 0 bridgehead atoms. The maximum atomic E-state index is 12.5. The summed E-state index contributed by atoms with van der Waals surface area (Å²) < 4.78 is 46.9. The zero-order chi connectivity index (χ0) is 44.0. The molecule has 8 aromatic carbocycles. The second kappa shape index (κ2) is 21.1. The molecule has 0 fully saturated rings. The molecule has 0 aromatic heterocycles. The third kappa shape index (κ3) is 10.9. The number of rotatable bonds is 19. The average molecular weight is 863 g/mol. The van der Waals surface area contributed by atoms with E-state index in [1.54, 1.807) is 0 Å². The predicted octanol–water partition coefficient (Wildman–Crippen LogP) is 12.5. The minimum atomic E-state index is -0.709. The summed E-state index contributed by atoms with van der Waals surface area (Å²) in [6, 6.07) is 65.5. The van der Waals surface area contributed by atoms with Crippen LogP contribution < -0.4 is 28.4 Å². The van der Waals surface area contributed by atoms with Crippen LogP contribution in [0.3, 0.4) is 0 Å².